The van der Waals surface area contributed by atoms with Gasteiger partial charge < -0.3 is 5.11 Å². The average Bonchev–Trinajstić information content (AvgIpc) is 2.75. The predicted molar refractivity (Wildman–Crippen MR) is 66.3 cm³/mol. The molecule has 0 saturated carbocycles. The summed E-state index contributed by atoms with van der Waals surface area (Å²) in [5.74, 6) is -0.871. The number of hydrogen-bond donors (Lipinski definition) is 1. The second kappa shape index (κ2) is 3.32. The Labute approximate surface area is 95.8 Å². The molecule has 0 aliphatic carbocycles. The molecule has 3 rings (SSSR count). The van der Waals surface area contributed by atoms with Crippen LogP contribution in [0.5, 0.6) is 0 Å². The van der Waals surface area contributed by atoms with Crippen LogP contribution in [-0.2, 0) is 0 Å². The van der Waals surface area contributed by atoms with Gasteiger partial charge in [0.2, 0.25) is 0 Å². The monoisotopic (exact) mass is 228 g/mol. The Kier molecular flexibility index (Phi) is 1.94. The largest absolute Gasteiger partial charge is 0.478 e. The number of rotatable bonds is 1. The number of aromatic carboxylic acids is 1. The van der Waals surface area contributed by atoms with Crippen LogP contribution in [0.25, 0.3) is 20.9 Å². The van der Waals surface area contributed by atoms with Gasteiger partial charge >= 0.3 is 5.97 Å². The van der Waals surface area contributed by atoms with Gasteiger partial charge in [0.1, 0.15) is 0 Å². The summed E-state index contributed by atoms with van der Waals surface area (Å²) in [6.45, 7) is 0. The highest BCUT2D eigenvalue weighted by Crippen LogP contribution is 2.32. The van der Waals surface area contributed by atoms with Gasteiger partial charge in [-0.3, -0.25) is 0 Å². The first-order valence-corrected chi connectivity index (χ1v) is 5.77. The first kappa shape index (κ1) is 9.36. The molecule has 0 amide bonds. The van der Waals surface area contributed by atoms with Gasteiger partial charge in [-0.05, 0) is 28.3 Å². The highest BCUT2D eigenvalue weighted by molar-refractivity contribution is 7.18. The number of fused-ring (bicyclic) bond motifs is 3. The Hall–Kier alpha value is -1.87. The molecule has 0 aliphatic rings. The fraction of sp³-hybridized carbons (Fsp3) is 0. The molecule has 3 heteroatoms. The third-order valence-corrected chi connectivity index (χ3v) is 3.65. The quantitative estimate of drug-likeness (QED) is 0.688. The van der Waals surface area contributed by atoms with Crippen molar-refractivity contribution in [2.24, 2.45) is 0 Å². The Bertz CT molecular complexity index is 697. The molecule has 0 saturated heterocycles. The van der Waals surface area contributed by atoms with E-state index in [9.17, 15) is 9.90 Å². The third-order valence-electron chi connectivity index (χ3n) is 2.69. The summed E-state index contributed by atoms with van der Waals surface area (Å²) in [6.07, 6.45) is 0. The normalized spacial score (nSPS) is 11.0. The van der Waals surface area contributed by atoms with Crippen LogP contribution in [0.3, 0.4) is 0 Å². The first-order valence-electron chi connectivity index (χ1n) is 4.89. The summed E-state index contributed by atoms with van der Waals surface area (Å²) >= 11 is 1.64. The lowest BCUT2D eigenvalue weighted by atomic mass is 10.0. The standard InChI is InChI=1S/C13H8O2S/c14-13(15)11-7-8-5-6-16-12(8)10-4-2-1-3-9(10)11/h1-7H,(H,14,15). The lowest BCUT2D eigenvalue weighted by Gasteiger charge is -2.03. The summed E-state index contributed by atoms with van der Waals surface area (Å²) in [5, 5.41) is 14.0. The molecule has 16 heavy (non-hydrogen) atoms. The maximum Gasteiger partial charge on any atom is 0.336 e. The minimum absolute atomic E-state index is 0.376. The second-order valence-corrected chi connectivity index (χ2v) is 4.53. The first-order chi connectivity index (χ1) is 7.77. The Morgan fingerprint density at radius 1 is 1.12 bits per heavy atom. The molecule has 2 aromatic carbocycles. The molecular formula is C13H8O2S. The molecule has 0 atom stereocenters. The topological polar surface area (TPSA) is 37.3 Å². The minimum Gasteiger partial charge on any atom is -0.478 e. The smallest absolute Gasteiger partial charge is 0.336 e. The van der Waals surface area contributed by atoms with Crippen molar-refractivity contribution < 1.29 is 9.90 Å². The minimum atomic E-state index is -0.871. The van der Waals surface area contributed by atoms with E-state index in [2.05, 4.69) is 0 Å². The lowest BCUT2D eigenvalue weighted by Crippen LogP contribution is -1.97. The van der Waals surface area contributed by atoms with Crippen molar-refractivity contribution in [3.05, 3.63) is 47.3 Å². The van der Waals surface area contributed by atoms with E-state index in [4.69, 9.17) is 0 Å². The van der Waals surface area contributed by atoms with Gasteiger partial charge in [-0.2, -0.15) is 0 Å². The van der Waals surface area contributed by atoms with Crippen LogP contribution in [0.2, 0.25) is 0 Å². The van der Waals surface area contributed by atoms with E-state index in [-0.39, 0.29) is 0 Å². The lowest BCUT2D eigenvalue weighted by molar-refractivity contribution is 0.0699. The molecule has 0 radical (unpaired) electrons. The summed E-state index contributed by atoms with van der Waals surface area (Å²) < 4.78 is 1.15. The van der Waals surface area contributed by atoms with Crippen LogP contribution in [0, 0.1) is 0 Å². The molecule has 0 aliphatic heterocycles. The summed E-state index contributed by atoms with van der Waals surface area (Å²) in [5.41, 5.74) is 0.376. The fourth-order valence-electron chi connectivity index (χ4n) is 1.98. The summed E-state index contributed by atoms with van der Waals surface area (Å²) in [7, 11) is 0. The van der Waals surface area contributed by atoms with Crippen molar-refractivity contribution in [3.63, 3.8) is 0 Å². The summed E-state index contributed by atoms with van der Waals surface area (Å²) in [4.78, 5) is 11.2. The number of carboxylic acids is 1. The molecule has 1 aromatic heterocycles. The van der Waals surface area contributed by atoms with Crippen LogP contribution >= 0.6 is 11.3 Å². The second-order valence-electron chi connectivity index (χ2n) is 3.61. The highest BCUT2D eigenvalue weighted by Gasteiger charge is 2.11. The van der Waals surface area contributed by atoms with Crippen molar-refractivity contribution in [2.45, 2.75) is 0 Å². The number of carbonyl (C=O) groups is 1. The fourth-order valence-corrected chi connectivity index (χ4v) is 2.90. The Morgan fingerprint density at radius 3 is 2.62 bits per heavy atom. The molecule has 2 nitrogen and oxygen atoms in total. The molecule has 1 heterocycles. The van der Waals surface area contributed by atoms with Crippen molar-refractivity contribution in [3.8, 4) is 0 Å². The number of benzene rings is 2. The molecule has 0 bridgehead atoms. The molecule has 78 valence electrons. The van der Waals surface area contributed by atoms with Crippen molar-refractivity contribution in [2.75, 3.05) is 0 Å². The number of carboxylic acid groups (broad SMARTS) is 1. The van der Waals surface area contributed by atoms with Crippen LogP contribution in [0.15, 0.2) is 41.8 Å². The molecule has 0 spiro atoms. The van der Waals surface area contributed by atoms with Crippen LogP contribution in [0.4, 0.5) is 0 Å². The Morgan fingerprint density at radius 2 is 1.88 bits per heavy atom. The van der Waals surface area contributed by atoms with Crippen molar-refractivity contribution >= 4 is 38.2 Å². The van der Waals surface area contributed by atoms with Crippen molar-refractivity contribution in [1.82, 2.24) is 0 Å². The van der Waals surface area contributed by atoms with Gasteiger partial charge in [0.15, 0.2) is 0 Å². The van der Waals surface area contributed by atoms with Gasteiger partial charge in [0.25, 0.3) is 0 Å². The maximum absolute atomic E-state index is 11.2. The number of hydrogen-bond acceptors (Lipinski definition) is 2. The maximum atomic E-state index is 11.2. The SMILES string of the molecule is O=C(O)c1cc2ccsc2c2ccccc12. The van der Waals surface area contributed by atoms with Gasteiger partial charge in [0.05, 0.1) is 5.56 Å². The van der Waals surface area contributed by atoms with Gasteiger partial charge in [-0.25, -0.2) is 4.79 Å². The third kappa shape index (κ3) is 1.22. The van der Waals surface area contributed by atoms with Gasteiger partial charge in [-0.1, -0.05) is 24.3 Å². The zero-order chi connectivity index (χ0) is 11.1. The summed E-state index contributed by atoms with van der Waals surface area (Å²) in [6, 6.07) is 11.3. The van der Waals surface area contributed by atoms with E-state index in [1.807, 2.05) is 35.7 Å². The van der Waals surface area contributed by atoms with Crippen molar-refractivity contribution in [1.29, 1.82) is 0 Å². The van der Waals surface area contributed by atoms with Gasteiger partial charge in [-0.15, -0.1) is 11.3 Å². The number of thiophene rings is 1. The van der Waals surface area contributed by atoms with Crippen LogP contribution in [-0.4, -0.2) is 11.1 Å². The molecule has 0 fully saturated rings. The van der Waals surface area contributed by atoms with E-state index < -0.39 is 5.97 Å². The zero-order valence-electron chi connectivity index (χ0n) is 8.31. The van der Waals surface area contributed by atoms with Crippen LogP contribution in [0.1, 0.15) is 10.4 Å². The highest BCUT2D eigenvalue weighted by atomic mass is 32.1. The van der Waals surface area contributed by atoms with E-state index in [0.717, 1.165) is 20.9 Å². The Balaban J connectivity index is 2.60. The van der Waals surface area contributed by atoms with E-state index >= 15 is 0 Å². The molecular weight excluding hydrogens is 220 g/mol. The van der Waals surface area contributed by atoms with E-state index in [1.165, 1.54) is 0 Å². The zero-order valence-corrected chi connectivity index (χ0v) is 9.12. The molecule has 1 N–H and O–H groups in total. The molecule has 3 aromatic rings. The molecule has 0 unspecified atom stereocenters. The van der Waals surface area contributed by atoms with E-state index in [0.29, 0.717) is 5.56 Å². The van der Waals surface area contributed by atoms with E-state index in [1.54, 1.807) is 17.4 Å². The average molecular weight is 228 g/mol. The predicted octanol–water partition coefficient (Wildman–Crippen LogP) is 3.75. The van der Waals surface area contributed by atoms with Crippen LogP contribution < -0.4 is 0 Å². The van der Waals surface area contributed by atoms with Gasteiger partial charge in [0, 0.05) is 10.1 Å².